The Bertz CT molecular complexity index is 1500. The number of hydrogen-bond donors (Lipinski definition) is 0. The molecule has 3 nitrogen and oxygen atoms in total. The molecule has 2 aromatic heterocycles. The number of Topliss-reactive ketones (excluding diaryl/α,β-unsaturated/α-hetero) is 1. The Morgan fingerprint density at radius 2 is 1.71 bits per heavy atom. The van der Waals surface area contributed by atoms with Gasteiger partial charge in [0, 0.05) is 42.1 Å². The molecule has 0 saturated heterocycles. The van der Waals surface area contributed by atoms with Crippen LogP contribution in [0.2, 0.25) is 0 Å². The third-order valence-electron chi connectivity index (χ3n) is 6.70. The van der Waals surface area contributed by atoms with Gasteiger partial charge in [0.05, 0.1) is 0 Å². The van der Waals surface area contributed by atoms with Crippen LogP contribution in [0, 0.1) is 20.8 Å². The Balaban J connectivity index is 1.39. The number of aromatic nitrogens is 1. The molecule has 0 amide bonds. The minimum absolute atomic E-state index is 0.0447. The minimum atomic E-state index is 0.0447. The first-order valence-electron chi connectivity index (χ1n) is 12.0. The van der Waals surface area contributed by atoms with Gasteiger partial charge in [-0.25, -0.2) is 0 Å². The van der Waals surface area contributed by atoms with Gasteiger partial charge in [-0.1, -0.05) is 60.2 Å². The average molecular weight is 460 g/mol. The van der Waals surface area contributed by atoms with Gasteiger partial charge in [-0.05, 0) is 72.9 Å². The maximum absolute atomic E-state index is 13.3. The van der Waals surface area contributed by atoms with Crippen molar-refractivity contribution in [3.05, 3.63) is 125 Å². The van der Waals surface area contributed by atoms with E-state index < -0.39 is 0 Å². The summed E-state index contributed by atoms with van der Waals surface area (Å²) < 4.78 is 6.09. The van der Waals surface area contributed by atoms with Crippen molar-refractivity contribution in [2.24, 2.45) is 0 Å². The predicted octanol–water partition coefficient (Wildman–Crippen LogP) is 7.75. The largest absolute Gasteiger partial charge is 0.456 e. The van der Waals surface area contributed by atoms with Crippen LogP contribution in [-0.2, 0) is 11.2 Å². The van der Waals surface area contributed by atoms with Crippen LogP contribution in [0.4, 0.5) is 0 Å². The van der Waals surface area contributed by atoms with Crippen LogP contribution >= 0.6 is 0 Å². The second kappa shape index (κ2) is 9.71. The zero-order chi connectivity index (χ0) is 24.4. The van der Waals surface area contributed by atoms with Gasteiger partial charge >= 0.3 is 0 Å². The van der Waals surface area contributed by atoms with Crippen molar-refractivity contribution in [1.29, 1.82) is 0 Å². The number of furan rings is 1. The molecule has 0 aliphatic heterocycles. The van der Waals surface area contributed by atoms with Gasteiger partial charge in [0.1, 0.15) is 17.1 Å². The summed E-state index contributed by atoms with van der Waals surface area (Å²) in [6, 6.07) is 26.9. The summed E-state index contributed by atoms with van der Waals surface area (Å²) >= 11 is 0. The second-order valence-corrected chi connectivity index (χ2v) is 9.42. The molecular formula is C32H29NO2. The summed E-state index contributed by atoms with van der Waals surface area (Å²) in [5.41, 5.74) is 8.80. The van der Waals surface area contributed by atoms with E-state index >= 15 is 0 Å². The summed E-state index contributed by atoms with van der Waals surface area (Å²) in [6.45, 7) is 6.27. The van der Waals surface area contributed by atoms with Gasteiger partial charge in [0.2, 0.25) is 0 Å². The zero-order valence-corrected chi connectivity index (χ0v) is 20.4. The number of carbonyl (C=O) groups is 1. The van der Waals surface area contributed by atoms with Crippen LogP contribution in [0.15, 0.2) is 95.7 Å². The maximum Gasteiger partial charge on any atom is 0.138 e. The number of ketones is 1. The highest BCUT2D eigenvalue weighted by molar-refractivity contribution is 5.87. The Morgan fingerprint density at radius 1 is 0.886 bits per heavy atom. The fraction of sp³-hybridized carbons (Fsp3) is 0.188. The fourth-order valence-electron chi connectivity index (χ4n) is 4.92. The molecule has 0 aliphatic carbocycles. The number of nitrogens with zero attached hydrogens (tertiary/aromatic N) is 1. The van der Waals surface area contributed by atoms with E-state index in [9.17, 15) is 4.79 Å². The van der Waals surface area contributed by atoms with Crippen molar-refractivity contribution in [3.63, 3.8) is 0 Å². The molecule has 0 fully saturated rings. The van der Waals surface area contributed by atoms with Crippen LogP contribution < -0.4 is 0 Å². The van der Waals surface area contributed by atoms with Crippen LogP contribution in [0.1, 0.15) is 45.7 Å². The molecule has 174 valence electrons. The molecule has 0 N–H and O–H groups in total. The first-order chi connectivity index (χ1) is 17.0. The smallest absolute Gasteiger partial charge is 0.138 e. The van der Waals surface area contributed by atoms with E-state index in [0.29, 0.717) is 12.8 Å². The molecule has 1 unspecified atom stereocenters. The molecule has 35 heavy (non-hydrogen) atoms. The van der Waals surface area contributed by atoms with Gasteiger partial charge < -0.3 is 4.42 Å². The van der Waals surface area contributed by atoms with Gasteiger partial charge in [-0.3, -0.25) is 9.78 Å². The van der Waals surface area contributed by atoms with Crippen LogP contribution in [0.25, 0.3) is 22.3 Å². The van der Waals surface area contributed by atoms with Crippen molar-refractivity contribution in [2.75, 3.05) is 0 Å². The molecule has 0 aliphatic rings. The van der Waals surface area contributed by atoms with Crippen LogP contribution in [-0.4, -0.2) is 10.8 Å². The number of fused-ring (bicyclic) bond motifs is 1. The number of aryl methyl sites for hydroxylation is 3. The van der Waals surface area contributed by atoms with Crippen molar-refractivity contribution >= 4 is 16.8 Å². The monoisotopic (exact) mass is 459 g/mol. The molecular weight excluding hydrogens is 430 g/mol. The average Bonchev–Trinajstić information content (AvgIpc) is 3.27. The highest BCUT2D eigenvalue weighted by Crippen LogP contribution is 2.33. The summed E-state index contributed by atoms with van der Waals surface area (Å²) in [5.74, 6) is 1.09. The summed E-state index contributed by atoms with van der Waals surface area (Å²) in [6.07, 6.45) is 4.49. The summed E-state index contributed by atoms with van der Waals surface area (Å²) in [4.78, 5) is 17.5. The van der Waals surface area contributed by atoms with Crippen LogP contribution in [0.5, 0.6) is 0 Å². The zero-order valence-electron chi connectivity index (χ0n) is 20.4. The van der Waals surface area contributed by atoms with E-state index in [0.717, 1.165) is 33.4 Å². The molecule has 2 heterocycles. The number of benzene rings is 3. The Labute approximate surface area is 206 Å². The maximum atomic E-state index is 13.3. The minimum Gasteiger partial charge on any atom is -0.456 e. The lowest BCUT2D eigenvalue weighted by molar-refractivity contribution is -0.118. The lowest BCUT2D eigenvalue weighted by Gasteiger charge is -2.20. The molecule has 0 radical (unpaired) electrons. The van der Waals surface area contributed by atoms with Crippen molar-refractivity contribution < 1.29 is 9.21 Å². The Hall–Kier alpha value is -3.98. The lowest BCUT2D eigenvalue weighted by Crippen LogP contribution is -2.12. The molecule has 0 bridgehead atoms. The Morgan fingerprint density at radius 3 is 2.49 bits per heavy atom. The Kier molecular flexibility index (Phi) is 6.33. The topological polar surface area (TPSA) is 43.1 Å². The van der Waals surface area contributed by atoms with E-state index in [1.807, 2.05) is 55.6 Å². The summed E-state index contributed by atoms with van der Waals surface area (Å²) in [5, 5.41) is 1.01. The molecule has 5 aromatic rings. The van der Waals surface area contributed by atoms with E-state index in [-0.39, 0.29) is 11.7 Å². The second-order valence-electron chi connectivity index (χ2n) is 9.42. The number of hydrogen-bond acceptors (Lipinski definition) is 3. The van der Waals surface area contributed by atoms with E-state index in [2.05, 4.69) is 55.2 Å². The normalized spacial score (nSPS) is 12.1. The highest BCUT2D eigenvalue weighted by atomic mass is 16.3. The third kappa shape index (κ3) is 4.95. The number of carbonyl (C=O) groups excluding carboxylic acids is 1. The number of rotatable bonds is 7. The van der Waals surface area contributed by atoms with Crippen molar-refractivity contribution in [3.8, 4) is 11.3 Å². The first-order valence-corrected chi connectivity index (χ1v) is 12.0. The first kappa shape index (κ1) is 22.8. The van der Waals surface area contributed by atoms with Gasteiger partial charge in [-0.2, -0.15) is 0 Å². The fourth-order valence-corrected chi connectivity index (χ4v) is 4.92. The highest BCUT2D eigenvalue weighted by Gasteiger charge is 2.20. The molecule has 3 heteroatoms. The lowest BCUT2D eigenvalue weighted by atomic mass is 9.83. The molecule has 5 rings (SSSR count). The molecule has 1 atom stereocenters. The van der Waals surface area contributed by atoms with Gasteiger partial charge in [0.25, 0.3) is 0 Å². The SMILES string of the molecule is Cc1ccc(C(CC(=O)Cc2ccc3oc(-c4ccncc4C)cc3c2)c2ccccc2)c(C)c1. The molecule has 3 aromatic carbocycles. The van der Waals surface area contributed by atoms with Gasteiger partial charge in [0.15, 0.2) is 0 Å². The van der Waals surface area contributed by atoms with Gasteiger partial charge in [-0.15, -0.1) is 0 Å². The van der Waals surface area contributed by atoms with E-state index in [4.69, 9.17) is 4.42 Å². The molecule has 0 spiro atoms. The standard InChI is InChI=1S/C32H29NO2/c1-21-9-11-28(22(2)15-21)30(25-7-5-4-6-8-25)19-27(34)17-24-10-12-31-26(16-24)18-32(35-31)29-13-14-33-20-23(29)3/h4-16,18,20,30H,17,19H2,1-3H3. The van der Waals surface area contributed by atoms with Crippen LogP contribution in [0.3, 0.4) is 0 Å². The summed E-state index contributed by atoms with van der Waals surface area (Å²) in [7, 11) is 0. The quantitative estimate of drug-likeness (QED) is 0.250. The van der Waals surface area contributed by atoms with Crippen molar-refractivity contribution in [1.82, 2.24) is 4.98 Å². The third-order valence-corrected chi connectivity index (χ3v) is 6.70. The molecule has 0 saturated carbocycles. The van der Waals surface area contributed by atoms with Crippen molar-refractivity contribution in [2.45, 2.75) is 39.5 Å². The van der Waals surface area contributed by atoms with E-state index in [1.54, 1.807) is 6.20 Å². The number of pyridine rings is 1. The predicted molar refractivity (Wildman–Crippen MR) is 142 cm³/mol. The van der Waals surface area contributed by atoms with E-state index in [1.165, 1.54) is 22.3 Å².